The second-order valence-electron chi connectivity index (χ2n) is 3.66. The number of anilines is 1. The molecule has 6 nitrogen and oxygen atoms in total. The van der Waals surface area contributed by atoms with E-state index in [2.05, 4.69) is 19.9 Å². The van der Waals surface area contributed by atoms with Gasteiger partial charge in [-0.15, -0.1) is 5.10 Å². The van der Waals surface area contributed by atoms with Crippen LogP contribution in [0.3, 0.4) is 0 Å². The molecular formula is C10H12IN5OS. The molecule has 0 atom stereocenters. The van der Waals surface area contributed by atoms with E-state index in [9.17, 15) is 4.79 Å². The van der Waals surface area contributed by atoms with Crippen molar-refractivity contribution in [3.63, 3.8) is 0 Å². The highest BCUT2D eigenvalue weighted by atomic mass is 127. The van der Waals surface area contributed by atoms with Gasteiger partial charge in [0.25, 0.3) is 5.56 Å². The summed E-state index contributed by atoms with van der Waals surface area (Å²) in [5, 5.41) is 8.12. The fourth-order valence-corrected chi connectivity index (χ4v) is 2.52. The van der Waals surface area contributed by atoms with Crippen LogP contribution in [0.1, 0.15) is 18.3 Å². The van der Waals surface area contributed by atoms with Gasteiger partial charge >= 0.3 is 0 Å². The standard InChI is InChI=1S/C10H12IN5OS/c1-3-12-9-7(14-15-18-9)4-16-5-13-6(2)8(11)10(16)17/h5,12H,3-4H2,1-2H3. The largest absolute Gasteiger partial charge is 0.374 e. The third-order valence-corrected chi connectivity index (χ3v) is 4.34. The fraction of sp³-hybridized carbons (Fsp3) is 0.400. The van der Waals surface area contributed by atoms with E-state index in [1.54, 1.807) is 10.9 Å². The Morgan fingerprint density at radius 2 is 2.33 bits per heavy atom. The second kappa shape index (κ2) is 5.74. The summed E-state index contributed by atoms with van der Waals surface area (Å²) in [6.45, 7) is 5.02. The van der Waals surface area contributed by atoms with Gasteiger partial charge in [-0.2, -0.15) is 0 Å². The Hall–Kier alpha value is -1.03. The molecule has 0 amide bonds. The molecule has 0 saturated heterocycles. The zero-order chi connectivity index (χ0) is 13.1. The van der Waals surface area contributed by atoms with E-state index in [1.807, 2.05) is 36.4 Å². The summed E-state index contributed by atoms with van der Waals surface area (Å²) in [4.78, 5) is 16.2. The molecule has 0 bridgehead atoms. The number of aryl methyl sites for hydroxylation is 1. The zero-order valence-corrected chi connectivity index (χ0v) is 12.9. The molecule has 8 heteroatoms. The minimum atomic E-state index is -0.0430. The number of nitrogens with zero attached hydrogens (tertiary/aromatic N) is 4. The molecule has 2 aromatic rings. The lowest BCUT2D eigenvalue weighted by molar-refractivity contribution is 0.706. The zero-order valence-electron chi connectivity index (χ0n) is 9.97. The van der Waals surface area contributed by atoms with Crippen molar-refractivity contribution in [3.8, 4) is 0 Å². The monoisotopic (exact) mass is 377 g/mol. The Morgan fingerprint density at radius 1 is 1.56 bits per heavy atom. The van der Waals surface area contributed by atoms with Gasteiger partial charge in [-0.25, -0.2) is 4.98 Å². The molecule has 0 saturated carbocycles. The van der Waals surface area contributed by atoms with Crippen LogP contribution in [-0.4, -0.2) is 25.7 Å². The maximum absolute atomic E-state index is 12.0. The fourth-order valence-electron chi connectivity index (χ4n) is 1.43. The molecule has 0 fully saturated rings. The summed E-state index contributed by atoms with van der Waals surface area (Å²) >= 11 is 3.31. The van der Waals surface area contributed by atoms with E-state index in [0.29, 0.717) is 10.1 Å². The highest BCUT2D eigenvalue weighted by molar-refractivity contribution is 14.1. The smallest absolute Gasteiger partial charge is 0.267 e. The molecule has 0 unspecified atom stereocenters. The SMILES string of the molecule is CCNc1snnc1Cn1cnc(C)c(I)c1=O. The van der Waals surface area contributed by atoms with Crippen molar-refractivity contribution in [1.29, 1.82) is 0 Å². The third-order valence-electron chi connectivity index (χ3n) is 2.37. The molecule has 96 valence electrons. The van der Waals surface area contributed by atoms with Gasteiger partial charge in [-0.1, -0.05) is 4.49 Å². The lowest BCUT2D eigenvalue weighted by atomic mass is 10.4. The van der Waals surface area contributed by atoms with Crippen LogP contribution in [0.4, 0.5) is 5.00 Å². The predicted octanol–water partition coefficient (Wildman–Crippen LogP) is 1.49. The maximum Gasteiger partial charge on any atom is 0.267 e. The topological polar surface area (TPSA) is 72.7 Å². The van der Waals surface area contributed by atoms with Crippen molar-refractivity contribution in [2.75, 3.05) is 11.9 Å². The van der Waals surface area contributed by atoms with Crippen molar-refractivity contribution >= 4 is 39.1 Å². The highest BCUT2D eigenvalue weighted by Crippen LogP contribution is 2.17. The average molecular weight is 377 g/mol. The van der Waals surface area contributed by atoms with Gasteiger partial charge in [0, 0.05) is 18.1 Å². The molecule has 1 N–H and O–H groups in total. The lowest BCUT2D eigenvalue weighted by Crippen LogP contribution is -2.25. The quantitative estimate of drug-likeness (QED) is 0.818. The first-order valence-electron chi connectivity index (χ1n) is 5.40. The van der Waals surface area contributed by atoms with Gasteiger partial charge in [-0.05, 0) is 36.4 Å². The van der Waals surface area contributed by atoms with Crippen LogP contribution >= 0.6 is 34.1 Å². The number of hydrogen-bond donors (Lipinski definition) is 1. The molecule has 0 aliphatic heterocycles. The maximum atomic E-state index is 12.0. The summed E-state index contributed by atoms with van der Waals surface area (Å²) in [7, 11) is 0. The molecular weight excluding hydrogens is 365 g/mol. The van der Waals surface area contributed by atoms with E-state index in [-0.39, 0.29) is 5.56 Å². The van der Waals surface area contributed by atoms with E-state index >= 15 is 0 Å². The van der Waals surface area contributed by atoms with Gasteiger partial charge < -0.3 is 5.32 Å². The van der Waals surface area contributed by atoms with E-state index in [1.165, 1.54) is 11.5 Å². The molecule has 0 aliphatic carbocycles. The number of halogens is 1. The lowest BCUT2D eigenvalue weighted by Gasteiger charge is -2.06. The number of rotatable bonds is 4. The van der Waals surface area contributed by atoms with E-state index < -0.39 is 0 Å². The molecule has 18 heavy (non-hydrogen) atoms. The van der Waals surface area contributed by atoms with Crippen LogP contribution in [0.5, 0.6) is 0 Å². The summed E-state index contributed by atoms with van der Waals surface area (Å²) < 4.78 is 6.09. The van der Waals surface area contributed by atoms with Gasteiger partial charge in [0.1, 0.15) is 10.7 Å². The van der Waals surface area contributed by atoms with E-state index in [0.717, 1.165) is 22.9 Å². The van der Waals surface area contributed by atoms with Crippen LogP contribution in [-0.2, 0) is 6.54 Å². The Balaban J connectivity index is 2.32. The summed E-state index contributed by atoms with van der Waals surface area (Å²) in [6, 6.07) is 0. The van der Waals surface area contributed by atoms with Crippen LogP contribution < -0.4 is 10.9 Å². The molecule has 0 radical (unpaired) electrons. The minimum absolute atomic E-state index is 0.0430. The average Bonchev–Trinajstić information content (AvgIpc) is 2.78. The minimum Gasteiger partial charge on any atom is -0.374 e. The molecule has 2 aromatic heterocycles. The molecule has 2 rings (SSSR count). The first-order valence-corrected chi connectivity index (χ1v) is 7.25. The molecule has 0 aromatic carbocycles. The molecule has 0 aliphatic rings. The number of hydrogen-bond acceptors (Lipinski definition) is 6. The van der Waals surface area contributed by atoms with Crippen LogP contribution in [0.25, 0.3) is 0 Å². The second-order valence-corrected chi connectivity index (χ2v) is 5.49. The number of aromatic nitrogens is 4. The van der Waals surface area contributed by atoms with Gasteiger partial charge in [0.15, 0.2) is 0 Å². The summed E-state index contributed by atoms with van der Waals surface area (Å²) in [5.41, 5.74) is 1.48. The molecule has 2 heterocycles. The predicted molar refractivity (Wildman–Crippen MR) is 79.1 cm³/mol. The third kappa shape index (κ3) is 2.69. The van der Waals surface area contributed by atoms with Crippen molar-refractivity contribution in [1.82, 2.24) is 19.1 Å². The highest BCUT2D eigenvalue weighted by Gasteiger charge is 2.11. The normalized spacial score (nSPS) is 10.6. The van der Waals surface area contributed by atoms with Gasteiger partial charge in [0.05, 0.1) is 22.1 Å². The van der Waals surface area contributed by atoms with Crippen LogP contribution in [0.2, 0.25) is 0 Å². The van der Waals surface area contributed by atoms with Crippen LogP contribution in [0.15, 0.2) is 11.1 Å². The summed E-state index contributed by atoms with van der Waals surface area (Å²) in [5.74, 6) is 0. The molecule has 0 spiro atoms. The van der Waals surface area contributed by atoms with Crippen molar-refractivity contribution in [2.45, 2.75) is 20.4 Å². The Bertz CT molecular complexity index is 609. The Labute approximate surface area is 122 Å². The van der Waals surface area contributed by atoms with E-state index in [4.69, 9.17) is 0 Å². The first kappa shape index (κ1) is 13.4. The summed E-state index contributed by atoms with van der Waals surface area (Å²) in [6.07, 6.45) is 1.55. The van der Waals surface area contributed by atoms with Gasteiger partial charge in [-0.3, -0.25) is 9.36 Å². The Kier molecular flexibility index (Phi) is 4.27. The Morgan fingerprint density at radius 3 is 3.06 bits per heavy atom. The van der Waals surface area contributed by atoms with Crippen molar-refractivity contribution in [2.24, 2.45) is 0 Å². The first-order chi connectivity index (χ1) is 8.63. The van der Waals surface area contributed by atoms with Gasteiger partial charge in [0.2, 0.25) is 0 Å². The van der Waals surface area contributed by atoms with Crippen molar-refractivity contribution in [3.05, 3.63) is 31.6 Å². The van der Waals surface area contributed by atoms with Crippen molar-refractivity contribution < 1.29 is 0 Å². The number of nitrogens with one attached hydrogen (secondary N) is 1. The van der Waals surface area contributed by atoms with Crippen LogP contribution in [0, 0.1) is 10.5 Å².